The molecule has 1 aromatic heterocycles. The third-order valence-electron chi connectivity index (χ3n) is 3.43. The number of benzene rings is 2. The van der Waals surface area contributed by atoms with Gasteiger partial charge < -0.3 is 4.52 Å². The summed E-state index contributed by atoms with van der Waals surface area (Å²) in [5, 5.41) is 11.9. The van der Waals surface area contributed by atoms with Crippen LogP contribution < -0.4 is 15.5 Å². The quantitative estimate of drug-likeness (QED) is 0.736. The number of rotatable bonds is 5. The lowest BCUT2D eigenvalue weighted by Crippen LogP contribution is -2.40. The van der Waals surface area contributed by atoms with Crippen LogP contribution in [0.3, 0.4) is 0 Å². The fourth-order valence-corrected chi connectivity index (χ4v) is 2.40. The molecule has 4 nitrogen and oxygen atoms in total. The molecule has 0 radical (unpaired) electrons. The van der Waals surface area contributed by atoms with Crippen molar-refractivity contribution in [2.45, 2.75) is 19.4 Å². The van der Waals surface area contributed by atoms with Crippen LogP contribution in [0.2, 0.25) is 0 Å². The number of aryl methyl sites for hydroxylation is 2. The molecule has 0 aliphatic heterocycles. The molecule has 1 N–H and O–H groups in total. The van der Waals surface area contributed by atoms with Crippen molar-refractivity contribution in [3.05, 3.63) is 71.8 Å². The summed E-state index contributed by atoms with van der Waals surface area (Å²) in [4.78, 5) is 0. The Bertz CT molecular complexity index is 750. The number of hydrogen-bond acceptors (Lipinski definition) is 2. The smallest absolute Gasteiger partial charge is 0.273 e. The fourth-order valence-electron chi connectivity index (χ4n) is 2.40. The lowest BCUT2D eigenvalue weighted by molar-refractivity contribution is -0.758. The normalized spacial score (nSPS) is 10.2. The molecule has 0 unspecified atom stereocenters. The standard InChI is InChI=1S/C17H17N3O.ClH/c18-17-16(15-11-5-2-6-12-15)20(19-21-17)13-7-10-14-8-3-1-4-9-14;/h1-6,8-9,11-12,18H,7,10,13H2;1H. The third kappa shape index (κ3) is 3.65. The predicted molar refractivity (Wildman–Crippen MR) is 85.5 cm³/mol. The molecule has 5 heteroatoms. The monoisotopic (exact) mass is 315 g/mol. The molecule has 0 fully saturated rings. The van der Waals surface area contributed by atoms with Crippen LogP contribution in [0.4, 0.5) is 0 Å². The van der Waals surface area contributed by atoms with Crippen molar-refractivity contribution in [3.8, 4) is 11.3 Å². The second kappa shape index (κ2) is 7.61. The van der Waals surface area contributed by atoms with Gasteiger partial charge in [-0.25, -0.2) is 4.68 Å². The lowest BCUT2D eigenvalue weighted by atomic mass is 10.1. The van der Waals surface area contributed by atoms with E-state index in [0.29, 0.717) is 0 Å². The maximum atomic E-state index is 7.88. The summed E-state index contributed by atoms with van der Waals surface area (Å²) >= 11 is 0. The molecule has 0 aliphatic carbocycles. The Labute approximate surface area is 135 Å². The van der Waals surface area contributed by atoms with E-state index >= 15 is 0 Å². The molecule has 0 bridgehead atoms. The highest BCUT2D eigenvalue weighted by Crippen LogP contribution is 2.10. The van der Waals surface area contributed by atoms with Crippen LogP contribution in [-0.4, -0.2) is 0 Å². The molecule has 3 rings (SSSR count). The van der Waals surface area contributed by atoms with Gasteiger partial charge in [-0.15, -0.1) is 12.4 Å². The molecule has 3 aromatic rings. The molecule has 22 heavy (non-hydrogen) atoms. The van der Waals surface area contributed by atoms with Gasteiger partial charge in [-0.1, -0.05) is 48.5 Å². The molecule has 114 valence electrons. The first-order valence-electron chi connectivity index (χ1n) is 7.05. The summed E-state index contributed by atoms with van der Waals surface area (Å²) in [5.41, 5.74) is 3.13. The van der Waals surface area contributed by atoms with Crippen LogP contribution >= 0.6 is 12.4 Å². The Hall–Kier alpha value is -2.33. The van der Waals surface area contributed by atoms with Gasteiger partial charge >= 0.3 is 0 Å². The largest absolute Gasteiger partial charge is 0.486 e. The number of aromatic nitrogens is 2. The Kier molecular flexibility index (Phi) is 5.55. The van der Waals surface area contributed by atoms with Crippen LogP contribution in [0.5, 0.6) is 0 Å². The third-order valence-corrected chi connectivity index (χ3v) is 3.43. The minimum atomic E-state index is 0. The van der Waals surface area contributed by atoms with Gasteiger partial charge in [0.15, 0.2) is 0 Å². The molecule has 0 aliphatic rings. The van der Waals surface area contributed by atoms with Crippen molar-refractivity contribution in [2.75, 3.05) is 0 Å². The number of hydrogen-bond donors (Lipinski definition) is 1. The zero-order chi connectivity index (χ0) is 14.5. The second-order valence-electron chi connectivity index (χ2n) is 4.93. The van der Waals surface area contributed by atoms with Crippen molar-refractivity contribution in [3.63, 3.8) is 0 Å². The summed E-state index contributed by atoms with van der Waals surface area (Å²) in [5.74, 6) is 0. The van der Waals surface area contributed by atoms with Crippen LogP contribution in [0.15, 0.2) is 65.2 Å². The lowest BCUT2D eigenvalue weighted by Gasteiger charge is -2.03. The van der Waals surface area contributed by atoms with E-state index in [1.807, 2.05) is 36.4 Å². The minimum absolute atomic E-state index is 0. The van der Waals surface area contributed by atoms with Crippen LogP contribution in [-0.2, 0) is 13.0 Å². The van der Waals surface area contributed by atoms with Gasteiger partial charge in [0.2, 0.25) is 0 Å². The SMILES string of the molecule is Cl.N=c1o[n-][n+](CCCc2ccccc2)c1-c1ccccc1. The van der Waals surface area contributed by atoms with E-state index in [2.05, 4.69) is 29.5 Å². The molecule has 0 saturated carbocycles. The van der Waals surface area contributed by atoms with E-state index in [-0.39, 0.29) is 18.0 Å². The minimum Gasteiger partial charge on any atom is -0.486 e. The van der Waals surface area contributed by atoms with Crippen LogP contribution in [0, 0.1) is 5.41 Å². The molecule has 0 atom stereocenters. The maximum absolute atomic E-state index is 7.88. The molecule has 1 heterocycles. The van der Waals surface area contributed by atoms with Gasteiger partial charge in [0.1, 0.15) is 6.54 Å². The molecular formula is C17H18ClN3O. The van der Waals surface area contributed by atoms with E-state index in [1.165, 1.54) is 5.56 Å². The average molecular weight is 316 g/mol. The molecule has 2 aromatic carbocycles. The first-order chi connectivity index (χ1) is 10.3. The van der Waals surface area contributed by atoms with E-state index in [1.54, 1.807) is 4.68 Å². The number of nitrogens with zero attached hydrogens (tertiary/aromatic N) is 2. The average Bonchev–Trinajstić information content (AvgIpc) is 2.90. The van der Waals surface area contributed by atoms with Crippen molar-refractivity contribution < 1.29 is 9.20 Å². The predicted octanol–water partition coefficient (Wildman–Crippen LogP) is 2.73. The summed E-state index contributed by atoms with van der Waals surface area (Å²) < 4.78 is 6.81. The first kappa shape index (κ1) is 16.0. The van der Waals surface area contributed by atoms with Crippen LogP contribution in [0.1, 0.15) is 12.0 Å². The van der Waals surface area contributed by atoms with Crippen molar-refractivity contribution in [1.82, 2.24) is 5.27 Å². The zero-order valence-electron chi connectivity index (χ0n) is 12.1. The van der Waals surface area contributed by atoms with Crippen molar-refractivity contribution in [1.29, 1.82) is 5.41 Å². The van der Waals surface area contributed by atoms with Gasteiger partial charge in [0.05, 0.1) is 5.56 Å². The summed E-state index contributed by atoms with van der Waals surface area (Å²) in [6.45, 7) is 0.738. The Morgan fingerprint density at radius 2 is 1.59 bits per heavy atom. The first-order valence-corrected chi connectivity index (χ1v) is 7.05. The highest BCUT2D eigenvalue weighted by Gasteiger charge is 2.14. The van der Waals surface area contributed by atoms with Gasteiger partial charge in [0, 0.05) is 6.42 Å². The van der Waals surface area contributed by atoms with Gasteiger partial charge in [-0.2, -0.15) is 0 Å². The van der Waals surface area contributed by atoms with E-state index in [9.17, 15) is 0 Å². The van der Waals surface area contributed by atoms with Crippen molar-refractivity contribution >= 4 is 12.4 Å². The topological polar surface area (TPSA) is 55.0 Å². The Morgan fingerprint density at radius 3 is 2.27 bits per heavy atom. The molecular weight excluding hydrogens is 298 g/mol. The Balaban J connectivity index is 0.00000176. The Morgan fingerprint density at radius 1 is 0.955 bits per heavy atom. The summed E-state index contributed by atoms with van der Waals surface area (Å²) in [6.07, 6.45) is 1.95. The second-order valence-corrected chi connectivity index (χ2v) is 4.93. The number of nitrogens with one attached hydrogen (secondary N) is 1. The maximum Gasteiger partial charge on any atom is 0.273 e. The van der Waals surface area contributed by atoms with E-state index < -0.39 is 0 Å². The molecule has 0 spiro atoms. The van der Waals surface area contributed by atoms with Gasteiger partial charge in [-0.05, 0) is 24.1 Å². The van der Waals surface area contributed by atoms with E-state index in [4.69, 9.17) is 9.93 Å². The molecule has 0 amide bonds. The fraction of sp³-hybridized carbons (Fsp3) is 0.176. The van der Waals surface area contributed by atoms with Crippen LogP contribution in [0.25, 0.3) is 11.3 Å². The van der Waals surface area contributed by atoms with Gasteiger partial charge in [0.25, 0.3) is 11.2 Å². The zero-order valence-corrected chi connectivity index (χ0v) is 12.9. The highest BCUT2D eigenvalue weighted by atomic mass is 35.5. The number of halogens is 1. The summed E-state index contributed by atoms with van der Waals surface area (Å²) in [6, 6.07) is 20.2. The van der Waals surface area contributed by atoms with Crippen molar-refractivity contribution in [2.24, 2.45) is 0 Å². The van der Waals surface area contributed by atoms with Gasteiger partial charge in [-0.3, -0.25) is 10.7 Å². The highest BCUT2D eigenvalue weighted by molar-refractivity contribution is 5.85. The summed E-state index contributed by atoms with van der Waals surface area (Å²) in [7, 11) is 0. The van der Waals surface area contributed by atoms with E-state index in [0.717, 1.165) is 30.6 Å². The molecule has 0 saturated heterocycles.